The molecule has 2 aliphatic heterocycles. The highest BCUT2D eigenvalue weighted by Crippen LogP contribution is 2.34. The summed E-state index contributed by atoms with van der Waals surface area (Å²) < 4.78 is 13.5. The van der Waals surface area contributed by atoms with Gasteiger partial charge in [0.25, 0.3) is 5.91 Å². The van der Waals surface area contributed by atoms with Gasteiger partial charge in [-0.2, -0.15) is 5.10 Å². The second-order valence-electron chi connectivity index (χ2n) is 9.78. The van der Waals surface area contributed by atoms with Crippen LogP contribution in [-0.2, 0) is 11.2 Å². The third kappa shape index (κ3) is 5.51. The number of amides is 1. The lowest BCUT2D eigenvalue weighted by Gasteiger charge is -2.33. The monoisotopic (exact) mass is 469 g/mol. The molecule has 2 aliphatic rings. The Morgan fingerprint density at radius 2 is 1.63 bits per heavy atom. The number of carbonyl (C=O) groups excluding carboxylic acids is 1. The minimum atomic E-state index is -0.272. The number of hydrogen-bond donors (Lipinski definition) is 0. The van der Waals surface area contributed by atoms with Crippen LogP contribution in [0, 0.1) is 18.7 Å². The fourth-order valence-electron chi connectivity index (χ4n) is 5.32. The Labute approximate surface area is 207 Å². The molecular formula is C30H32FN3O. The Kier molecular flexibility index (Phi) is 7.05. The van der Waals surface area contributed by atoms with Gasteiger partial charge in [-0.25, -0.2) is 9.40 Å². The number of benzene rings is 3. The molecule has 0 radical (unpaired) electrons. The van der Waals surface area contributed by atoms with Crippen molar-refractivity contribution in [1.82, 2.24) is 9.91 Å². The van der Waals surface area contributed by atoms with Gasteiger partial charge in [0.05, 0.1) is 18.3 Å². The number of aryl methyl sites for hydroxylation is 1. The van der Waals surface area contributed by atoms with E-state index in [2.05, 4.69) is 54.3 Å². The van der Waals surface area contributed by atoms with E-state index in [1.165, 1.54) is 17.7 Å². The zero-order valence-corrected chi connectivity index (χ0v) is 20.2. The number of hydrazone groups is 1. The second kappa shape index (κ2) is 10.5. The first kappa shape index (κ1) is 23.4. The maximum absolute atomic E-state index is 13.5. The van der Waals surface area contributed by atoms with Gasteiger partial charge in [-0.1, -0.05) is 66.7 Å². The van der Waals surface area contributed by atoms with Gasteiger partial charge in [-0.05, 0) is 79.6 Å². The molecule has 1 saturated heterocycles. The number of piperidine rings is 1. The van der Waals surface area contributed by atoms with Crippen molar-refractivity contribution >= 4 is 11.6 Å². The smallest absolute Gasteiger partial charge is 0.257 e. The summed E-state index contributed by atoms with van der Waals surface area (Å²) in [7, 11) is 0. The first-order valence-corrected chi connectivity index (χ1v) is 12.5. The molecule has 1 amide bonds. The Bertz CT molecular complexity index is 1180. The summed E-state index contributed by atoms with van der Waals surface area (Å²) in [4.78, 5) is 15.8. The van der Waals surface area contributed by atoms with E-state index >= 15 is 0 Å². The van der Waals surface area contributed by atoms with Crippen LogP contribution in [0.15, 0.2) is 84.0 Å². The van der Waals surface area contributed by atoms with E-state index in [-0.39, 0.29) is 17.8 Å². The first-order valence-electron chi connectivity index (χ1n) is 12.5. The lowest BCUT2D eigenvalue weighted by atomic mass is 9.90. The molecule has 5 heteroatoms. The quantitative estimate of drug-likeness (QED) is 0.460. The normalized spacial score (nSPS) is 19.1. The first-order chi connectivity index (χ1) is 17.1. The summed E-state index contributed by atoms with van der Waals surface area (Å²) in [5, 5.41) is 6.45. The third-order valence-electron chi connectivity index (χ3n) is 7.32. The Morgan fingerprint density at radius 3 is 2.34 bits per heavy atom. The SMILES string of the molecule is Cc1ccccc1C1CC(c2ccc(F)cc2)=NN1C(=O)CN1CCC(Cc2ccccc2)CC1. The molecule has 1 atom stereocenters. The predicted octanol–water partition coefficient (Wildman–Crippen LogP) is 5.77. The molecule has 4 nitrogen and oxygen atoms in total. The van der Waals surface area contributed by atoms with E-state index in [0.29, 0.717) is 18.9 Å². The Balaban J connectivity index is 1.28. The minimum absolute atomic E-state index is 0.0249. The molecule has 0 aliphatic carbocycles. The fraction of sp³-hybridized carbons (Fsp3) is 0.333. The number of likely N-dealkylation sites (tertiary alicyclic amines) is 1. The van der Waals surface area contributed by atoms with Crippen molar-refractivity contribution in [2.24, 2.45) is 11.0 Å². The standard InChI is InChI=1S/C30H32FN3O/c1-22-7-5-6-10-27(22)29-20-28(25-11-13-26(31)14-12-25)32-34(29)30(35)21-33-17-15-24(16-18-33)19-23-8-3-2-4-9-23/h2-14,24,29H,15-21H2,1H3. The minimum Gasteiger partial charge on any atom is -0.294 e. The maximum Gasteiger partial charge on any atom is 0.257 e. The average molecular weight is 470 g/mol. The Hall–Kier alpha value is -3.31. The molecule has 0 saturated carbocycles. The van der Waals surface area contributed by atoms with Gasteiger partial charge < -0.3 is 0 Å². The van der Waals surface area contributed by atoms with Crippen molar-refractivity contribution in [3.05, 3.63) is 107 Å². The number of nitrogens with zero attached hydrogens (tertiary/aromatic N) is 3. The molecule has 3 aromatic carbocycles. The molecule has 3 aromatic rings. The summed E-state index contributed by atoms with van der Waals surface area (Å²) in [6, 6.07) is 25.1. The van der Waals surface area contributed by atoms with Gasteiger partial charge >= 0.3 is 0 Å². The molecule has 180 valence electrons. The highest BCUT2D eigenvalue weighted by molar-refractivity contribution is 6.03. The van der Waals surface area contributed by atoms with Crippen LogP contribution in [0.3, 0.4) is 0 Å². The number of hydrogen-bond acceptors (Lipinski definition) is 3. The Morgan fingerprint density at radius 1 is 0.943 bits per heavy atom. The van der Waals surface area contributed by atoms with E-state index in [1.54, 1.807) is 17.1 Å². The number of rotatable bonds is 6. The largest absolute Gasteiger partial charge is 0.294 e. The molecule has 0 aromatic heterocycles. The number of carbonyl (C=O) groups is 1. The van der Waals surface area contributed by atoms with E-state index in [0.717, 1.165) is 54.8 Å². The molecule has 0 bridgehead atoms. The molecule has 0 N–H and O–H groups in total. The van der Waals surface area contributed by atoms with Gasteiger partial charge in [-0.15, -0.1) is 0 Å². The van der Waals surface area contributed by atoms with E-state index in [4.69, 9.17) is 5.10 Å². The average Bonchev–Trinajstić information content (AvgIpc) is 3.32. The maximum atomic E-state index is 13.5. The summed E-state index contributed by atoms with van der Waals surface area (Å²) >= 11 is 0. The highest BCUT2D eigenvalue weighted by atomic mass is 19.1. The van der Waals surface area contributed by atoms with Crippen molar-refractivity contribution in [1.29, 1.82) is 0 Å². The lowest BCUT2D eigenvalue weighted by molar-refractivity contribution is -0.134. The molecule has 1 fully saturated rings. The van der Waals surface area contributed by atoms with Crippen LogP contribution in [0.4, 0.5) is 4.39 Å². The molecule has 5 rings (SSSR count). The highest BCUT2D eigenvalue weighted by Gasteiger charge is 2.35. The van der Waals surface area contributed by atoms with Gasteiger partial charge in [0.2, 0.25) is 0 Å². The van der Waals surface area contributed by atoms with Crippen LogP contribution in [0.5, 0.6) is 0 Å². The second-order valence-corrected chi connectivity index (χ2v) is 9.78. The van der Waals surface area contributed by atoms with E-state index < -0.39 is 0 Å². The third-order valence-corrected chi connectivity index (χ3v) is 7.32. The van der Waals surface area contributed by atoms with Crippen LogP contribution in [0.2, 0.25) is 0 Å². The molecule has 2 heterocycles. The van der Waals surface area contributed by atoms with Gasteiger partial charge in [-0.3, -0.25) is 9.69 Å². The summed E-state index contributed by atoms with van der Waals surface area (Å²) in [6.07, 6.45) is 3.94. The van der Waals surface area contributed by atoms with Crippen molar-refractivity contribution < 1.29 is 9.18 Å². The molecule has 0 spiro atoms. The lowest BCUT2D eigenvalue weighted by Crippen LogP contribution is -2.42. The summed E-state index contributed by atoms with van der Waals surface area (Å²) in [5.74, 6) is 0.418. The number of halogens is 1. The zero-order chi connectivity index (χ0) is 24.2. The van der Waals surface area contributed by atoms with Crippen molar-refractivity contribution in [3.8, 4) is 0 Å². The predicted molar refractivity (Wildman–Crippen MR) is 138 cm³/mol. The molecular weight excluding hydrogens is 437 g/mol. The summed E-state index contributed by atoms with van der Waals surface area (Å²) in [6.45, 7) is 4.31. The van der Waals surface area contributed by atoms with Crippen molar-refractivity contribution in [2.45, 2.75) is 38.6 Å². The molecule has 35 heavy (non-hydrogen) atoms. The van der Waals surface area contributed by atoms with E-state index in [1.807, 2.05) is 12.1 Å². The van der Waals surface area contributed by atoms with Gasteiger partial charge in [0, 0.05) is 6.42 Å². The molecule has 1 unspecified atom stereocenters. The zero-order valence-electron chi connectivity index (χ0n) is 20.2. The van der Waals surface area contributed by atoms with Crippen LogP contribution in [0.25, 0.3) is 0 Å². The van der Waals surface area contributed by atoms with Crippen LogP contribution < -0.4 is 0 Å². The fourth-order valence-corrected chi connectivity index (χ4v) is 5.32. The van der Waals surface area contributed by atoms with Crippen molar-refractivity contribution in [3.63, 3.8) is 0 Å². The summed E-state index contributed by atoms with van der Waals surface area (Å²) in [5.41, 5.74) is 5.34. The van der Waals surface area contributed by atoms with Crippen LogP contribution in [0.1, 0.15) is 47.6 Å². The topological polar surface area (TPSA) is 35.9 Å². The van der Waals surface area contributed by atoms with Gasteiger partial charge in [0.1, 0.15) is 5.82 Å². The van der Waals surface area contributed by atoms with Crippen LogP contribution >= 0.6 is 0 Å². The van der Waals surface area contributed by atoms with Gasteiger partial charge in [0.15, 0.2) is 0 Å². The van der Waals surface area contributed by atoms with E-state index in [9.17, 15) is 9.18 Å². The van der Waals surface area contributed by atoms with Crippen molar-refractivity contribution in [2.75, 3.05) is 19.6 Å². The van der Waals surface area contributed by atoms with Crippen LogP contribution in [-0.4, -0.2) is 41.2 Å².